The van der Waals surface area contributed by atoms with E-state index in [0.717, 1.165) is 5.56 Å². The SMILES string of the molecule is COc1ccc(C(=O)NC(=O)Nc2ccc3c(c2)NC(=O)C3=Cc2ccc(Cl)cc2)cc1. The van der Waals surface area contributed by atoms with E-state index >= 15 is 0 Å². The summed E-state index contributed by atoms with van der Waals surface area (Å²) in [5.74, 6) is -0.185. The Morgan fingerprint density at radius 1 is 1.00 bits per heavy atom. The largest absolute Gasteiger partial charge is 0.497 e. The summed E-state index contributed by atoms with van der Waals surface area (Å²) in [6, 6.07) is 17.8. The van der Waals surface area contributed by atoms with Gasteiger partial charge in [-0.2, -0.15) is 0 Å². The van der Waals surface area contributed by atoms with Gasteiger partial charge in [-0.1, -0.05) is 29.8 Å². The second kappa shape index (κ2) is 8.95. The Hall–Kier alpha value is -4.10. The molecule has 8 heteroatoms. The Morgan fingerprint density at radius 2 is 1.72 bits per heavy atom. The van der Waals surface area contributed by atoms with E-state index in [4.69, 9.17) is 16.3 Å². The molecule has 0 spiro atoms. The maximum Gasteiger partial charge on any atom is 0.326 e. The van der Waals surface area contributed by atoms with Gasteiger partial charge < -0.3 is 15.4 Å². The maximum absolute atomic E-state index is 12.4. The number of nitrogens with one attached hydrogen (secondary N) is 3. The van der Waals surface area contributed by atoms with Crippen molar-refractivity contribution in [3.05, 3.63) is 88.4 Å². The molecule has 0 aromatic heterocycles. The number of carbonyl (C=O) groups is 3. The van der Waals surface area contributed by atoms with Crippen LogP contribution >= 0.6 is 11.6 Å². The first-order valence-corrected chi connectivity index (χ1v) is 10.00. The van der Waals surface area contributed by atoms with E-state index < -0.39 is 11.9 Å². The monoisotopic (exact) mass is 447 g/mol. The van der Waals surface area contributed by atoms with Crippen LogP contribution in [0.25, 0.3) is 11.6 Å². The predicted molar refractivity (Wildman–Crippen MR) is 124 cm³/mol. The molecule has 0 aliphatic carbocycles. The molecule has 3 aromatic carbocycles. The van der Waals surface area contributed by atoms with Gasteiger partial charge in [0.2, 0.25) is 0 Å². The molecule has 0 fully saturated rings. The van der Waals surface area contributed by atoms with Gasteiger partial charge in [0, 0.05) is 27.4 Å². The van der Waals surface area contributed by atoms with E-state index in [1.165, 1.54) is 7.11 Å². The van der Waals surface area contributed by atoms with E-state index in [0.29, 0.717) is 38.8 Å². The highest BCUT2D eigenvalue weighted by molar-refractivity contribution is 6.35. The number of carbonyl (C=O) groups excluding carboxylic acids is 3. The van der Waals surface area contributed by atoms with E-state index in [9.17, 15) is 14.4 Å². The molecule has 1 aliphatic rings. The van der Waals surface area contributed by atoms with Crippen molar-refractivity contribution in [1.82, 2.24) is 5.32 Å². The molecular weight excluding hydrogens is 430 g/mol. The Kier molecular flexibility index (Phi) is 5.91. The first-order valence-electron chi connectivity index (χ1n) is 9.62. The minimum absolute atomic E-state index is 0.244. The van der Waals surface area contributed by atoms with Crippen LogP contribution in [0.2, 0.25) is 5.02 Å². The van der Waals surface area contributed by atoms with Gasteiger partial charge in [0.15, 0.2) is 0 Å². The fourth-order valence-corrected chi connectivity index (χ4v) is 3.35. The van der Waals surface area contributed by atoms with Crippen LogP contribution < -0.4 is 20.7 Å². The van der Waals surface area contributed by atoms with Crippen molar-refractivity contribution < 1.29 is 19.1 Å². The van der Waals surface area contributed by atoms with Crippen molar-refractivity contribution in [2.24, 2.45) is 0 Å². The molecule has 0 atom stereocenters. The smallest absolute Gasteiger partial charge is 0.326 e. The number of anilines is 2. The summed E-state index contributed by atoms with van der Waals surface area (Å²) in [5.41, 5.74) is 3.37. The molecule has 0 bridgehead atoms. The minimum atomic E-state index is -0.688. The zero-order chi connectivity index (χ0) is 22.7. The van der Waals surface area contributed by atoms with Crippen LogP contribution in [-0.4, -0.2) is 25.0 Å². The summed E-state index contributed by atoms with van der Waals surface area (Å²) in [7, 11) is 1.53. The molecule has 32 heavy (non-hydrogen) atoms. The van der Waals surface area contributed by atoms with Gasteiger partial charge >= 0.3 is 6.03 Å². The van der Waals surface area contributed by atoms with Crippen molar-refractivity contribution in [3.63, 3.8) is 0 Å². The highest BCUT2D eigenvalue weighted by Crippen LogP contribution is 2.35. The summed E-state index contributed by atoms with van der Waals surface area (Å²) in [6.07, 6.45) is 1.77. The Labute approximate surface area is 189 Å². The van der Waals surface area contributed by atoms with Gasteiger partial charge in [-0.05, 0) is 60.2 Å². The number of ether oxygens (including phenoxy) is 1. The van der Waals surface area contributed by atoms with Crippen molar-refractivity contribution >= 4 is 52.5 Å². The van der Waals surface area contributed by atoms with Crippen LogP contribution in [-0.2, 0) is 4.79 Å². The van der Waals surface area contributed by atoms with E-state index in [1.54, 1.807) is 60.7 Å². The summed E-state index contributed by atoms with van der Waals surface area (Å²) in [5, 5.41) is 8.26. The van der Waals surface area contributed by atoms with Gasteiger partial charge in [0.1, 0.15) is 5.75 Å². The predicted octanol–water partition coefficient (Wildman–Crippen LogP) is 4.80. The van der Waals surface area contributed by atoms with Crippen molar-refractivity contribution in [2.45, 2.75) is 0 Å². The third kappa shape index (κ3) is 4.63. The zero-order valence-corrected chi connectivity index (χ0v) is 17.7. The molecule has 1 aliphatic heterocycles. The molecule has 160 valence electrons. The van der Waals surface area contributed by atoms with Gasteiger partial charge in [-0.15, -0.1) is 0 Å². The third-order valence-corrected chi connectivity index (χ3v) is 5.07. The van der Waals surface area contributed by atoms with E-state index in [1.807, 2.05) is 12.1 Å². The molecule has 4 rings (SSSR count). The van der Waals surface area contributed by atoms with Gasteiger partial charge in [-0.25, -0.2) is 4.79 Å². The van der Waals surface area contributed by atoms with Crippen LogP contribution in [0.3, 0.4) is 0 Å². The topological polar surface area (TPSA) is 96.5 Å². The van der Waals surface area contributed by atoms with Crippen molar-refractivity contribution in [3.8, 4) is 5.75 Å². The molecule has 3 aromatic rings. The molecule has 4 amide bonds. The summed E-state index contributed by atoms with van der Waals surface area (Å²) in [6.45, 7) is 0. The summed E-state index contributed by atoms with van der Waals surface area (Å²) in [4.78, 5) is 36.9. The number of urea groups is 1. The normalized spacial score (nSPS) is 13.3. The second-order valence-corrected chi connectivity index (χ2v) is 7.40. The minimum Gasteiger partial charge on any atom is -0.497 e. The summed E-state index contributed by atoms with van der Waals surface area (Å²) >= 11 is 5.91. The number of hydrogen-bond donors (Lipinski definition) is 3. The lowest BCUT2D eigenvalue weighted by Crippen LogP contribution is -2.34. The van der Waals surface area contributed by atoms with Gasteiger partial charge in [0.05, 0.1) is 12.8 Å². The number of amides is 4. The fraction of sp³-hybridized carbons (Fsp3) is 0.0417. The maximum atomic E-state index is 12.4. The molecule has 0 saturated carbocycles. The Morgan fingerprint density at radius 3 is 2.41 bits per heavy atom. The number of imide groups is 1. The van der Waals surface area contributed by atoms with Crippen LogP contribution in [0.15, 0.2) is 66.7 Å². The summed E-state index contributed by atoms with van der Waals surface area (Å²) < 4.78 is 5.05. The first-order chi connectivity index (χ1) is 15.4. The molecular formula is C24H18ClN3O4. The third-order valence-electron chi connectivity index (χ3n) is 4.82. The fourth-order valence-electron chi connectivity index (χ4n) is 3.22. The number of fused-ring (bicyclic) bond motifs is 1. The van der Waals surface area contributed by atoms with Gasteiger partial charge in [0.25, 0.3) is 11.8 Å². The van der Waals surface area contributed by atoms with Crippen molar-refractivity contribution in [2.75, 3.05) is 17.7 Å². The molecule has 0 radical (unpaired) electrons. The molecule has 1 heterocycles. The quantitative estimate of drug-likeness (QED) is 0.500. The molecule has 0 saturated heterocycles. The van der Waals surface area contributed by atoms with Crippen LogP contribution in [0.4, 0.5) is 16.2 Å². The van der Waals surface area contributed by atoms with Gasteiger partial charge in [-0.3, -0.25) is 14.9 Å². The van der Waals surface area contributed by atoms with Crippen LogP contribution in [0.5, 0.6) is 5.75 Å². The van der Waals surface area contributed by atoms with E-state index in [2.05, 4.69) is 16.0 Å². The number of hydrogen-bond acceptors (Lipinski definition) is 4. The van der Waals surface area contributed by atoms with E-state index in [-0.39, 0.29) is 5.91 Å². The lowest BCUT2D eigenvalue weighted by Gasteiger charge is -2.09. The highest BCUT2D eigenvalue weighted by Gasteiger charge is 2.24. The molecule has 7 nitrogen and oxygen atoms in total. The number of halogens is 1. The first kappa shape index (κ1) is 21.1. The van der Waals surface area contributed by atoms with Crippen LogP contribution in [0.1, 0.15) is 21.5 Å². The Balaban J connectivity index is 1.45. The average Bonchev–Trinajstić information content (AvgIpc) is 3.09. The standard InChI is InChI=1S/C24H18ClN3O4/c1-32-18-9-4-15(5-10-18)22(29)28-24(31)26-17-8-11-19-20(23(30)27-21(19)13-17)12-14-2-6-16(25)7-3-14/h2-13H,1H3,(H,27,30)(H2,26,28,29,31). The molecule has 3 N–H and O–H groups in total. The zero-order valence-electron chi connectivity index (χ0n) is 16.9. The van der Waals surface area contributed by atoms with Crippen LogP contribution in [0, 0.1) is 0 Å². The number of methoxy groups -OCH3 is 1. The van der Waals surface area contributed by atoms with Crippen molar-refractivity contribution in [1.29, 1.82) is 0 Å². The highest BCUT2D eigenvalue weighted by atomic mass is 35.5. The number of rotatable bonds is 4. The number of benzene rings is 3. The lowest BCUT2D eigenvalue weighted by molar-refractivity contribution is -0.110. The lowest BCUT2D eigenvalue weighted by atomic mass is 10.0. The average molecular weight is 448 g/mol. The second-order valence-electron chi connectivity index (χ2n) is 6.96. The molecule has 0 unspecified atom stereocenters. The Bertz CT molecular complexity index is 1240.